The maximum atomic E-state index is 13.3. The highest BCUT2D eigenvalue weighted by molar-refractivity contribution is 5.94. The van der Waals surface area contributed by atoms with Gasteiger partial charge in [0.05, 0.1) is 6.54 Å². The predicted octanol–water partition coefficient (Wildman–Crippen LogP) is 4.19. The third-order valence-electron chi connectivity index (χ3n) is 6.94. The molecule has 8 nitrogen and oxygen atoms in total. The van der Waals surface area contributed by atoms with E-state index in [4.69, 9.17) is 4.98 Å². The molecule has 1 saturated heterocycles. The van der Waals surface area contributed by atoms with Crippen LogP contribution in [0.3, 0.4) is 0 Å². The molecule has 36 heavy (non-hydrogen) atoms. The molecule has 1 aliphatic heterocycles. The normalized spacial score (nSPS) is 16.4. The highest BCUT2D eigenvalue weighted by atomic mass is 16.2. The Morgan fingerprint density at radius 1 is 1.08 bits per heavy atom. The van der Waals surface area contributed by atoms with Crippen molar-refractivity contribution in [3.05, 3.63) is 87.0 Å². The van der Waals surface area contributed by atoms with Crippen LogP contribution in [0.2, 0.25) is 0 Å². The van der Waals surface area contributed by atoms with E-state index in [1.165, 1.54) is 11.1 Å². The van der Waals surface area contributed by atoms with Crippen molar-refractivity contribution in [1.29, 1.82) is 0 Å². The molecule has 1 fully saturated rings. The number of H-pyrrole nitrogens is 1. The summed E-state index contributed by atoms with van der Waals surface area (Å²) in [5.74, 6) is 0.534. The average Bonchev–Trinajstić information content (AvgIpc) is 3.28. The molecule has 2 aromatic heterocycles. The number of carbonyl (C=O) groups excluding carboxylic acids is 1. The Hall–Kier alpha value is -3.81. The number of nitrogens with zero attached hydrogens (tertiary/aromatic N) is 5. The van der Waals surface area contributed by atoms with E-state index in [1.54, 1.807) is 4.68 Å². The first kappa shape index (κ1) is 23.9. The smallest absolute Gasteiger partial charge is 0.281 e. The van der Waals surface area contributed by atoms with E-state index in [0.29, 0.717) is 36.7 Å². The summed E-state index contributed by atoms with van der Waals surface area (Å²) >= 11 is 0. The fourth-order valence-corrected chi connectivity index (χ4v) is 4.73. The third-order valence-corrected chi connectivity index (χ3v) is 6.94. The molecular formula is C28H32N6O2. The fourth-order valence-electron chi connectivity index (χ4n) is 4.73. The van der Waals surface area contributed by atoms with Gasteiger partial charge in [0.25, 0.3) is 11.5 Å². The second-order valence-corrected chi connectivity index (χ2v) is 10.8. The summed E-state index contributed by atoms with van der Waals surface area (Å²) in [7, 11) is 0. The zero-order chi connectivity index (χ0) is 25.4. The molecule has 2 aromatic carbocycles. The molecule has 1 N–H and O–H groups in total. The maximum absolute atomic E-state index is 13.3. The van der Waals surface area contributed by atoms with Crippen molar-refractivity contribution in [3.8, 4) is 0 Å². The van der Waals surface area contributed by atoms with Gasteiger partial charge in [0.2, 0.25) is 0 Å². The van der Waals surface area contributed by atoms with Crippen LogP contribution in [-0.4, -0.2) is 48.9 Å². The highest BCUT2D eigenvalue weighted by Gasteiger charge is 2.28. The maximum Gasteiger partial charge on any atom is 0.281 e. The fraction of sp³-hybridized carbons (Fsp3) is 0.393. The molecule has 0 bridgehead atoms. The number of rotatable bonds is 4. The first-order valence-electron chi connectivity index (χ1n) is 12.5. The number of likely N-dealkylation sites (tertiary alicyclic amines) is 1. The molecule has 8 heteroatoms. The molecule has 186 valence electrons. The molecule has 4 aromatic rings. The minimum absolute atomic E-state index is 0.00895. The zero-order valence-corrected chi connectivity index (χ0v) is 21.3. The summed E-state index contributed by atoms with van der Waals surface area (Å²) in [5, 5.41) is 8.25. The summed E-state index contributed by atoms with van der Waals surface area (Å²) in [4.78, 5) is 35.6. The number of aryl methyl sites for hydroxylation is 1. The summed E-state index contributed by atoms with van der Waals surface area (Å²) in [6.07, 6.45) is 1.69. The number of benzene rings is 2. The highest BCUT2D eigenvalue weighted by Crippen LogP contribution is 2.27. The van der Waals surface area contributed by atoms with Crippen molar-refractivity contribution < 1.29 is 4.79 Å². The van der Waals surface area contributed by atoms with Gasteiger partial charge in [-0.1, -0.05) is 67.9 Å². The Balaban J connectivity index is 1.38. The Morgan fingerprint density at radius 3 is 2.50 bits per heavy atom. The lowest BCUT2D eigenvalue weighted by Gasteiger charge is -2.32. The van der Waals surface area contributed by atoms with Crippen LogP contribution in [0, 0.1) is 6.92 Å². The Labute approximate surface area is 210 Å². The zero-order valence-electron chi connectivity index (χ0n) is 21.3. The van der Waals surface area contributed by atoms with Gasteiger partial charge >= 0.3 is 0 Å². The van der Waals surface area contributed by atoms with Crippen molar-refractivity contribution in [3.63, 3.8) is 0 Å². The first-order chi connectivity index (χ1) is 17.2. The van der Waals surface area contributed by atoms with Crippen LogP contribution in [0.5, 0.6) is 0 Å². The number of fused-ring (bicyclic) bond motifs is 1. The molecular weight excluding hydrogens is 452 g/mol. The van der Waals surface area contributed by atoms with E-state index >= 15 is 0 Å². The van der Waals surface area contributed by atoms with Gasteiger partial charge in [-0.25, -0.2) is 9.67 Å². The van der Waals surface area contributed by atoms with Crippen molar-refractivity contribution in [1.82, 2.24) is 29.9 Å². The second-order valence-electron chi connectivity index (χ2n) is 10.8. The lowest BCUT2D eigenvalue weighted by molar-refractivity contribution is 0.0704. The average molecular weight is 485 g/mol. The molecule has 0 aliphatic carbocycles. The number of aromatic amines is 1. The van der Waals surface area contributed by atoms with Crippen molar-refractivity contribution >= 4 is 17.1 Å². The van der Waals surface area contributed by atoms with Crippen LogP contribution in [0.4, 0.5) is 0 Å². The molecule has 1 aliphatic rings. The first-order valence-corrected chi connectivity index (χ1v) is 12.5. The van der Waals surface area contributed by atoms with Crippen LogP contribution in [0.25, 0.3) is 11.2 Å². The molecule has 0 spiro atoms. The van der Waals surface area contributed by atoms with E-state index in [1.807, 2.05) is 60.4 Å². The van der Waals surface area contributed by atoms with E-state index in [2.05, 4.69) is 36.1 Å². The second kappa shape index (κ2) is 9.33. The van der Waals surface area contributed by atoms with Crippen molar-refractivity contribution in [2.24, 2.45) is 0 Å². The minimum Gasteiger partial charge on any atom is -0.338 e. The van der Waals surface area contributed by atoms with Gasteiger partial charge in [-0.2, -0.15) is 0 Å². The minimum atomic E-state index is -0.300. The van der Waals surface area contributed by atoms with Gasteiger partial charge in [0.15, 0.2) is 11.2 Å². The van der Waals surface area contributed by atoms with E-state index in [9.17, 15) is 9.59 Å². The van der Waals surface area contributed by atoms with Gasteiger partial charge in [-0.15, -0.1) is 5.10 Å². The van der Waals surface area contributed by atoms with Gasteiger partial charge in [0, 0.05) is 24.6 Å². The van der Waals surface area contributed by atoms with Crippen LogP contribution in [-0.2, 0) is 12.0 Å². The van der Waals surface area contributed by atoms with Crippen LogP contribution < -0.4 is 5.56 Å². The lowest BCUT2D eigenvalue weighted by Crippen LogP contribution is -2.40. The SMILES string of the molecule is Cc1ccc(Cn2nnc3c(=O)[nH]c([C@@H]4CCCN(C(=O)c5ccc(C(C)(C)C)cc5)C4)nc32)cc1. The third kappa shape index (κ3) is 4.80. The van der Waals surface area contributed by atoms with E-state index < -0.39 is 0 Å². The summed E-state index contributed by atoms with van der Waals surface area (Å²) in [6, 6.07) is 16.1. The monoisotopic (exact) mass is 484 g/mol. The molecule has 0 unspecified atom stereocenters. The molecule has 1 amide bonds. The molecule has 0 saturated carbocycles. The summed E-state index contributed by atoms with van der Waals surface area (Å²) in [6.45, 7) is 10.2. The number of hydrogen-bond acceptors (Lipinski definition) is 5. The van der Waals surface area contributed by atoms with Crippen molar-refractivity contribution in [2.75, 3.05) is 13.1 Å². The Bertz CT molecular complexity index is 1440. The number of aromatic nitrogens is 5. The van der Waals surface area contributed by atoms with Gasteiger partial charge < -0.3 is 9.88 Å². The summed E-state index contributed by atoms with van der Waals surface area (Å²) in [5.41, 5.74) is 4.55. The van der Waals surface area contributed by atoms with E-state index in [0.717, 1.165) is 18.4 Å². The number of amides is 1. The topological polar surface area (TPSA) is 96.8 Å². The summed E-state index contributed by atoms with van der Waals surface area (Å²) < 4.78 is 1.67. The van der Waals surface area contributed by atoms with Crippen LogP contribution in [0.1, 0.15) is 72.4 Å². The number of carbonyl (C=O) groups is 1. The van der Waals surface area contributed by atoms with Crippen LogP contribution >= 0.6 is 0 Å². The molecule has 3 heterocycles. The molecule has 1 atom stereocenters. The Morgan fingerprint density at radius 2 is 1.81 bits per heavy atom. The number of hydrogen-bond donors (Lipinski definition) is 1. The molecule has 5 rings (SSSR count). The van der Waals surface area contributed by atoms with E-state index in [-0.39, 0.29) is 28.3 Å². The lowest BCUT2D eigenvalue weighted by atomic mass is 9.86. The van der Waals surface area contributed by atoms with Gasteiger partial charge in [-0.05, 0) is 48.4 Å². The largest absolute Gasteiger partial charge is 0.338 e. The van der Waals surface area contributed by atoms with Crippen LogP contribution in [0.15, 0.2) is 53.3 Å². The number of nitrogens with one attached hydrogen (secondary N) is 1. The van der Waals surface area contributed by atoms with Gasteiger partial charge in [0.1, 0.15) is 5.82 Å². The Kier molecular flexibility index (Phi) is 6.20. The molecule has 0 radical (unpaired) electrons. The number of piperidine rings is 1. The quantitative estimate of drug-likeness (QED) is 0.469. The predicted molar refractivity (Wildman–Crippen MR) is 139 cm³/mol. The standard InChI is InChI=1S/C28H32N6O2/c1-18-7-9-19(10-8-18)16-34-25-23(31-32-34)26(35)30-24(29-25)21-6-5-15-33(17-21)27(36)20-11-13-22(14-12-20)28(2,3)4/h7-14,21H,5-6,15-17H2,1-4H3,(H,29,30,35)/t21-/m1/s1. The van der Waals surface area contributed by atoms with Crippen molar-refractivity contribution in [2.45, 2.75) is 58.4 Å². The van der Waals surface area contributed by atoms with Gasteiger partial charge in [-0.3, -0.25) is 9.59 Å².